The van der Waals surface area contributed by atoms with E-state index in [0.717, 1.165) is 43.1 Å². The number of piperidine rings is 1. The molecule has 1 aliphatic heterocycles. The van der Waals surface area contributed by atoms with E-state index in [0.29, 0.717) is 12.0 Å². The van der Waals surface area contributed by atoms with Gasteiger partial charge in [-0.25, -0.2) is 4.98 Å². The van der Waals surface area contributed by atoms with Crippen molar-refractivity contribution < 1.29 is 0 Å². The number of unbranched alkanes of at least 4 members (excludes halogenated alkanes) is 1. The summed E-state index contributed by atoms with van der Waals surface area (Å²) < 4.78 is 0. The van der Waals surface area contributed by atoms with Crippen molar-refractivity contribution in [1.29, 1.82) is 0 Å². The summed E-state index contributed by atoms with van der Waals surface area (Å²) in [6.07, 6.45) is 5.74. The third-order valence-electron chi connectivity index (χ3n) is 5.47. The second kappa shape index (κ2) is 9.18. The first-order valence-corrected chi connectivity index (χ1v) is 10.2. The number of nitrogens with one attached hydrogen (secondary N) is 2. The van der Waals surface area contributed by atoms with E-state index in [9.17, 15) is 0 Å². The van der Waals surface area contributed by atoms with E-state index in [1.165, 1.54) is 30.4 Å². The summed E-state index contributed by atoms with van der Waals surface area (Å²) in [5.74, 6) is 1.75. The number of nitrogens with zero attached hydrogens (tertiary/aromatic N) is 3. The molecule has 2 N–H and O–H groups in total. The highest BCUT2D eigenvalue weighted by Gasteiger charge is 2.20. The molecule has 5 heteroatoms. The van der Waals surface area contributed by atoms with Crippen LogP contribution in [0.5, 0.6) is 0 Å². The van der Waals surface area contributed by atoms with Crippen LogP contribution in [0.2, 0.25) is 0 Å². The second-order valence-corrected chi connectivity index (χ2v) is 7.64. The molecule has 0 spiro atoms. The highest BCUT2D eigenvalue weighted by molar-refractivity contribution is 5.57. The molecule has 1 aromatic carbocycles. The molecule has 5 nitrogen and oxygen atoms in total. The zero-order valence-corrected chi connectivity index (χ0v) is 17.2. The van der Waals surface area contributed by atoms with Gasteiger partial charge >= 0.3 is 0 Å². The van der Waals surface area contributed by atoms with Gasteiger partial charge in [-0.15, -0.1) is 0 Å². The van der Waals surface area contributed by atoms with Gasteiger partial charge in [0.05, 0.1) is 0 Å². The lowest BCUT2D eigenvalue weighted by atomic mass is 10.1. The second-order valence-electron chi connectivity index (χ2n) is 7.64. The Morgan fingerprint density at radius 3 is 2.74 bits per heavy atom. The SMILES string of the molecule is CCCCc1cc(N2CCC[C@@H](NC)C2)nc(Nc2ccc(C)c(C)c2)n1. The largest absolute Gasteiger partial charge is 0.355 e. The molecule has 1 atom stereocenters. The quantitative estimate of drug-likeness (QED) is 0.761. The fraction of sp³-hybridized carbons (Fsp3) is 0.545. The van der Waals surface area contributed by atoms with Crippen molar-refractivity contribution in [2.24, 2.45) is 0 Å². The lowest BCUT2D eigenvalue weighted by molar-refractivity contribution is 0.447. The normalized spacial score (nSPS) is 17.2. The molecule has 27 heavy (non-hydrogen) atoms. The van der Waals surface area contributed by atoms with Crippen LogP contribution in [0.3, 0.4) is 0 Å². The molecule has 1 fully saturated rings. The summed E-state index contributed by atoms with van der Waals surface area (Å²) in [6, 6.07) is 9.11. The third-order valence-corrected chi connectivity index (χ3v) is 5.47. The average Bonchev–Trinajstić information content (AvgIpc) is 2.69. The molecule has 1 aromatic heterocycles. The standard InChI is InChI=1S/C22H33N5/c1-5-6-8-18-14-21(27-12-7-9-20(15-27)23-4)26-22(24-18)25-19-11-10-16(2)17(3)13-19/h10-11,13-14,20,23H,5-9,12,15H2,1-4H3,(H,24,25,26)/t20-/m1/s1. The Labute approximate surface area is 163 Å². The highest BCUT2D eigenvalue weighted by atomic mass is 15.2. The molecule has 3 rings (SSSR count). The Kier molecular flexibility index (Phi) is 6.67. The lowest BCUT2D eigenvalue weighted by Gasteiger charge is -2.33. The maximum Gasteiger partial charge on any atom is 0.229 e. The van der Waals surface area contributed by atoms with Gasteiger partial charge in [0.2, 0.25) is 5.95 Å². The smallest absolute Gasteiger partial charge is 0.229 e. The number of aryl methyl sites for hydroxylation is 3. The molecule has 0 amide bonds. The Bertz CT molecular complexity index is 758. The third kappa shape index (κ3) is 5.19. The van der Waals surface area contributed by atoms with Gasteiger partial charge in [-0.3, -0.25) is 0 Å². The molecule has 1 aliphatic rings. The van der Waals surface area contributed by atoms with E-state index in [-0.39, 0.29) is 0 Å². The van der Waals surface area contributed by atoms with E-state index in [2.05, 4.69) is 60.6 Å². The molecular weight excluding hydrogens is 334 g/mol. The Hall–Kier alpha value is -2.14. The predicted octanol–water partition coefficient (Wildman–Crippen LogP) is 4.37. The van der Waals surface area contributed by atoms with E-state index >= 15 is 0 Å². The average molecular weight is 368 g/mol. The van der Waals surface area contributed by atoms with Gasteiger partial charge in [0, 0.05) is 36.6 Å². The molecule has 0 aliphatic carbocycles. The molecule has 2 heterocycles. The molecule has 0 bridgehead atoms. The monoisotopic (exact) mass is 367 g/mol. The summed E-state index contributed by atoms with van der Waals surface area (Å²) in [6.45, 7) is 8.55. The van der Waals surface area contributed by atoms with Crippen molar-refractivity contribution in [3.8, 4) is 0 Å². The minimum absolute atomic E-state index is 0.531. The van der Waals surface area contributed by atoms with Crippen LogP contribution in [0.15, 0.2) is 24.3 Å². The van der Waals surface area contributed by atoms with Gasteiger partial charge in [0.25, 0.3) is 0 Å². The van der Waals surface area contributed by atoms with Crippen molar-refractivity contribution in [3.63, 3.8) is 0 Å². The van der Waals surface area contributed by atoms with Gasteiger partial charge in [-0.1, -0.05) is 19.4 Å². The maximum atomic E-state index is 4.86. The number of benzene rings is 1. The highest BCUT2D eigenvalue weighted by Crippen LogP contribution is 2.23. The molecule has 0 saturated carbocycles. The van der Waals surface area contributed by atoms with E-state index in [4.69, 9.17) is 9.97 Å². The maximum absolute atomic E-state index is 4.86. The van der Waals surface area contributed by atoms with Crippen LogP contribution in [0.25, 0.3) is 0 Å². The minimum atomic E-state index is 0.531. The van der Waals surface area contributed by atoms with Crippen LogP contribution in [0, 0.1) is 13.8 Å². The van der Waals surface area contributed by atoms with Gasteiger partial charge < -0.3 is 15.5 Å². The molecule has 146 valence electrons. The van der Waals surface area contributed by atoms with Gasteiger partial charge in [0.1, 0.15) is 5.82 Å². The van der Waals surface area contributed by atoms with Crippen LogP contribution in [-0.2, 0) is 6.42 Å². The minimum Gasteiger partial charge on any atom is -0.355 e. The van der Waals surface area contributed by atoms with E-state index in [1.54, 1.807) is 0 Å². The molecule has 1 saturated heterocycles. The van der Waals surface area contributed by atoms with Crippen molar-refractivity contribution in [2.45, 2.75) is 58.9 Å². The topological polar surface area (TPSA) is 53.1 Å². The number of hydrogen-bond donors (Lipinski definition) is 2. The lowest BCUT2D eigenvalue weighted by Crippen LogP contribution is -2.44. The van der Waals surface area contributed by atoms with Crippen molar-refractivity contribution >= 4 is 17.5 Å². The number of aromatic nitrogens is 2. The predicted molar refractivity (Wildman–Crippen MR) is 114 cm³/mol. The van der Waals surface area contributed by atoms with Crippen LogP contribution >= 0.6 is 0 Å². The summed E-state index contributed by atoms with van der Waals surface area (Å²) in [5, 5.41) is 6.85. The van der Waals surface area contributed by atoms with Gasteiger partial charge in [-0.05, 0) is 69.8 Å². The summed E-state index contributed by atoms with van der Waals surface area (Å²) in [5.41, 5.74) is 4.74. The van der Waals surface area contributed by atoms with Crippen molar-refractivity contribution in [2.75, 3.05) is 30.4 Å². The first-order chi connectivity index (χ1) is 13.1. The van der Waals surface area contributed by atoms with Crippen molar-refractivity contribution in [3.05, 3.63) is 41.1 Å². The Morgan fingerprint density at radius 1 is 1.15 bits per heavy atom. The first kappa shape index (κ1) is 19.6. The van der Waals surface area contributed by atoms with Crippen LogP contribution in [0.1, 0.15) is 49.4 Å². The molecular formula is C22H33N5. The zero-order valence-electron chi connectivity index (χ0n) is 17.2. The van der Waals surface area contributed by atoms with E-state index < -0.39 is 0 Å². The van der Waals surface area contributed by atoms with Crippen molar-refractivity contribution in [1.82, 2.24) is 15.3 Å². The van der Waals surface area contributed by atoms with Gasteiger partial charge in [0.15, 0.2) is 0 Å². The van der Waals surface area contributed by atoms with Gasteiger partial charge in [-0.2, -0.15) is 4.98 Å². The summed E-state index contributed by atoms with van der Waals surface area (Å²) in [4.78, 5) is 12.0. The van der Waals surface area contributed by atoms with E-state index in [1.807, 2.05) is 7.05 Å². The number of likely N-dealkylation sites (N-methyl/N-ethyl adjacent to an activating group) is 1. The number of hydrogen-bond acceptors (Lipinski definition) is 5. The zero-order chi connectivity index (χ0) is 19.2. The number of anilines is 3. The van der Waals surface area contributed by atoms with Crippen LogP contribution in [-0.4, -0.2) is 36.1 Å². The fourth-order valence-corrected chi connectivity index (χ4v) is 3.56. The molecule has 0 unspecified atom stereocenters. The Morgan fingerprint density at radius 2 is 2.00 bits per heavy atom. The Balaban J connectivity index is 1.86. The molecule has 0 radical (unpaired) electrons. The van der Waals surface area contributed by atoms with Crippen LogP contribution in [0.4, 0.5) is 17.5 Å². The summed E-state index contributed by atoms with van der Waals surface area (Å²) in [7, 11) is 2.05. The fourth-order valence-electron chi connectivity index (χ4n) is 3.56. The van der Waals surface area contributed by atoms with Crippen LogP contribution < -0.4 is 15.5 Å². The number of rotatable bonds is 7. The first-order valence-electron chi connectivity index (χ1n) is 10.2. The summed E-state index contributed by atoms with van der Waals surface area (Å²) >= 11 is 0. The molecule has 2 aromatic rings.